The quantitative estimate of drug-likeness (QED) is 0.504. The molecule has 1 aromatic carbocycles. The summed E-state index contributed by atoms with van der Waals surface area (Å²) in [4.78, 5) is 0. The molecule has 0 aliphatic carbocycles. The van der Waals surface area contributed by atoms with E-state index in [0.29, 0.717) is 0 Å². The van der Waals surface area contributed by atoms with Crippen LogP contribution in [0.25, 0.3) is 0 Å². The SMILES string of the molecule is C=C[C@@H]1O[C@H]1c1ccccc1Cl. The first-order valence-corrected chi connectivity index (χ1v) is 4.23. The van der Waals surface area contributed by atoms with E-state index >= 15 is 0 Å². The van der Waals surface area contributed by atoms with Crippen LogP contribution in [0.2, 0.25) is 5.02 Å². The van der Waals surface area contributed by atoms with Crippen LogP contribution in [-0.2, 0) is 4.74 Å². The highest BCUT2D eigenvalue weighted by Crippen LogP contribution is 2.41. The Labute approximate surface area is 76.6 Å². The van der Waals surface area contributed by atoms with Crippen LogP contribution >= 0.6 is 11.6 Å². The maximum absolute atomic E-state index is 5.97. The Balaban J connectivity index is 2.25. The first kappa shape index (κ1) is 7.84. The minimum absolute atomic E-state index is 0.135. The van der Waals surface area contributed by atoms with Gasteiger partial charge in [0.1, 0.15) is 12.2 Å². The number of epoxide rings is 1. The van der Waals surface area contributed by atoms with E-state index in [-0.39, 0.29) is 12.2 Å². The Morgan fingerprint density at radius 1 is 1.42 bits per heavy atom. The molecule has 1 aliphatic heterocycles. The standard InChI is InChI=1S/C10H9ClO/c1-2-9-10(12-9)7-5-3-4-6-8(7)11/h2-6,9-10H,1H2/t9-,10-/m0/s1. The van der Waals surface area contributed by atoms with Crippen LogP contribution in [0.5, 0.6) is 0 Å². The van der Waals surface area contributed by atoms with Gasteiger partial charge in [-0.3, -0.25) is 0 Å². The first-order valence-electron chi connectivity index (χ1n) is 3.85. The van der Waals surface area contributed by atoms with Crippen molar-refractivity contribution in [2.45, 2.75) is 12.2 Å². The lowest BCUT2D eigenvalue weighted by Crippen LogP contribution is -1.84. The molecule has 1 fully saturated rings. The zero-order chi connectivity index (χ0) is 8.55. The Morgan fingerprint density at radius 2 is 2.17 bits per heavy atom. The Kier molecular flexibility index (Phi) is 1.91. The van der Waals surface area contributed by atoms with Crippen molar-refractivity contribution in [1.29, 1.82) is 0 Å². The normalized spacial score (nSPS) is 26.8. The summed E-state index contributed by atoms with van der Waals surface area (Å²) in [6.07, 6.45) is 2.09. The molecular weight excluding hydrogens is 172 g/mol. The Morgan fingerprint density at radius 3 is 2.75 bits per heavy atom. The number of hydrogen-bond acceptors (Lipinski definition) is 1. The third kappa shape index (κ3) is 1.26. The zero-order valence-corrected chi connectivity index (χ0v) is 7.29. The highest BCUT2D eigenvalue weighted by Gasteiger charge is 2.38. The molecule has 1 aliphatic rings. The molecule has 0 bridgehead atoms. The first-order chi connectivity index (χ1) is 5.83. The fourth-order valence-electron chi connectivity index (χ4n) is 1.26. The van der Waals surface area contributed by atoms with Gasteiger partial charge in [0.05, 0.1) is 0 Å². The predicted octanol–water partition coefficient (Wildman–Crippen LogP) is 2.97. The van der Waals surface area contributed by atoms with Crippen molar-refractivity contribution in [3.63, 3.8) is 0 Å². The van der Waals surface area contributed by atoms with Gasteiger partial charge in [0.2, 0.25) is 0 Å². The summed E-state index contributed by atoms with van der Waals surface area (Å²) in [5.41, 5.74) is 1.06. The van der Waals surface area contributed by atoms with Gasteiger partial charge >= 0.3 is 0 Å². The van der Waals surface area contributed by atoms with E-state index in [0.717, 1.165) is 10.6 Å². The molecule has 62 valence electrons. The zero-order valence-electron chi connectivity index (χ0n) is 6.53. The van der Waals surface area contributed by atoms with Crippen molar-refractivity contribution in [1.82, 2.24) is 0 Å². The van der Waals surface area contributed by atoms with Gasteiger partial charge < -0.3 is 4.74 Å². The molecule has 0 spiro atoms. The molecule has 12 heavy (non-hydrogen) atoms. The summed E-state index contributed by atoms with van der Waals surface area (Å²) < 4.78 is 5.33. The third-order valence-corrected chi connectivity index (χ3v) is 2.31. The van der Waals surface area contributed by atoms with Gasteiger partial charge in [-0.15, -0.1) is 6.58 Å². The second-order valence-corrected chi connectivity index (χ2v) is 3.19. The van der Waals surface area contributed by atoms with E-state index in [2.05, 4.69) is 6.58 Å². The van der Waals surface area contributed by atoms with Crippen LogP contribution in [0, 0.1) is 0 Å². The molecule has 2 heteroatoms. The highest BCUT2D eigenvalue weighted by atomic mass is 35.5. The minimum atomic E-state index is 0.135. The van der Waals surface area contributed by atoms with Crippen LogP contribution < -0.4 is 0 Å². The van der Waals surface area contributed by atoms with Crippen LogP contribution in [-0.4, -0.2) is 6.10 Å². The topological polar surface area (TPSA) is 12.5 Å². The third-order valence-electron chi connectivity index (χ3n) is 1.97. The molecule has 0 radical (unpaired) electrons. The second-order valence-electron chi connectivity index (χ2n) is 2.78. The largest absolute Gasteiger partial charge is 0.360 e. The van der Waals surface area contributed by atoms with E-state index in [1.54, 1.807) is 6.08 Å². The number of benzene rings is 1. The van der Waals surface area contributed by atoms with E-state index < -0.39 is 0 Å². The van der Waals surface area contributed by atoms with E-state index in [1.165, 1.54) is 0 Å². The number of hydrogen-bond donors (Lipinski definition) is 0. The minimum Gasteiger partial charge on any atom is -0.360 e. The van der Waals surface area contributed by atoms with Crippen molar-refractivity contribution >= 4 is 11.6 Å². The van der Waals surface area contributed by atoms with Gasteiger partial charge in [0.25, 0.3) is 0 Å². The lowest BCUT2D eigenvalue weighted by Gasteiger charge is -1.97. The van der Waals surface area contributed by atoms with Crippen molar-refractivity contribution < 1.29 is 4.74 Å². The summed E-state index contributed by atoms with van der Waals surface area (Å²) in [6, 6.07) is 7.73. The van der Waals surface area contributed by atoms with Crippen LogP contribution in [0.3, 0.4) is 0 Å². The smallest absolute Gasteiger partial charge is 0.115 e. The molecule has 2 rings (SSSR count). The molecule has 0 amide bonds. The second kappa shape index (κ2) is 2.92. The average Bonchev–Trinajstić information content (AvgIpc) is 2.84. The van der Waals surface area contributed by atoms with E-state index in [4.69, 9.17) is 16.3 Å². The fourth-order valence-corrected chi connectivity index (χ4v) is 1.50. The molecule has 2 atom stereocenters. The van der Waals surface area contributed by atoms with Crippen molar-refractivity contribution in [3.8, 4) is 0 Å². The lowest BCUT2D eigenvalue weighted by molar-refractivity contribution is 0.394. The van der Waals surface area contributed by atoms with Gasteiger partial charge in [-0.25, -0.2) is 0 Å². The molecule has 1 nitrogen and oxygen atoms in total. The number of ether oxygens (including phenoxy) is 1. The molecule has 0 N–H and O–H groups in total. The van der Waals surface area contributed by atoms with Crippen molar-refractivity contribution in [2.75, 3.05) is 0 Å². The molecule has 0 aromatic heterocycles. The fraction of sp³-hybridized carbons (Fsp3) is 0.200. The van der Waals surface area contributed by atoms with E-state index in [9.17, 15) is 0 Å². The van der Waals surface area contributed by atoms with Crippen LogP contribution in [0.15, 0.2) is 36.9 Å². The molecule has 1 saturated heterocycles. The maximum atomic E-state index is 5.97. The number of rotatable bonds is 2. The van der Waals surface area contributed by atoms with Gasteiger partial charge in [-0.2, -0.15) is 0 Å². The van der Waals surface area contributed by atoms with Gasteiger partial charge in [-0.05, 0) is 6.07 Å². The molecule has 1 heterocycles. The lowest BCUT2D eigenvalue weighted by atomic mass is 10.1. The average molecular weight is 181 g/mol. The monoisotopic (exact) mass is 180 g/mol. The van der Waals surface area contributed by atoms with Crippen molar-refractivity contribution in [2.24, 2.45) is 0 Å². The van der Waals surface area contributed by atoms with Gasteiger partial charge in [-0.1, -0.05) is 35.9 Å². The maximum Gasteiger partial charge on any atom is 0.115 e. The van der Waals surface area contributed by atoms with Crippen molar-refractivity contribution in [3.05, 3.63) is 47.5 Å². The van der Waals surface area contributed by atoms with Crippen LogP contribution in [0.4, 0.5) is 0 Å². The summed E-state index contributed by atoms with van der Waals surface area (Å²) >= 11 is 5.97. The van der Waals surface area contributed by atoms with Gasteiger partial charge in [0, 0.05) is 10.6 Å². The van der Waals surface area contributed by atoms with E-state index in [1.807, 2.05) is 24.3 Å². The van der Waals surface area contributed by atoms with Crippen LogP contribution in [0.1, 0.15) is 11.7 Å². The molecule has 0 saturated carbocycles. The summed E-state index contributed by atoms with van der Waals surface area (Å²) in [5.74, 6) is 0. The molecule has 1 aromatic rings. The van der Waals surface area contributed by atoms with Gasteiger partial charge in [0.15, 0.2) is 0 Å². The predicted molar refractivity (Wildman–Crippen MR) is 49.3 cm³/mol. The Bertz CT molecular complexity index is 308. The Hall–Kier alpha value is -0.790. The highest BCUT2D eigenvalue weighted by molar-refractivity contribution is 6.31. The summed E-state index contributed by atoms with van der Waals surface area (Å²) in [5, 5.41) is 0.770. The molecular formula is C10H9ClO. The number of halogens is 1. The summed E-state index contributed by atoms with van der Waals surface area (Å²) in [6.45, 7) is 3.66. The summed E-state index contributed by atoms with van der Waals surface area (Å²) in [7, 11) is 0. The molecule has 0 unspecified atom stereocenters.